The Morgan fingerprint density at radius 3 is 1.67 bits per heavy atom. The second-order valence-corrected chi connectivity index (χ2v) is 15.2. The van der Waals surface area contributed by atoms with E-state index in [1.54, 1.807) is 0 Å². The van der Waals surface area contributed by atoms with Gasteiger partial charge in [0.05, 0.1) is 11.0 Å². The van der Waals surface area contributed by atoms with Crippen LogP contribution in [0.15, 0.2) is 206 Å². The van der Waals surface area contributed by atoms with Gasteiger partial charge in [0.1, 0.15) is 0 Å². The smallest absolute Gasteiger partial charge is 0.0561 e. The van der Waals surface area contributed by atoms with Crippen molar-refractivity contribution in [2.24, 2.45) is 0 Å². The monoisotopic (exact) mass is 718 g/mol. The van der Waals surface area contributed by atoms with Crippen molar-refractivity contribution in [2.75, 3.05) is 4.90 Å². The molecule has 0 aliphatic heterocycles. The van der Waals surface area contributed by atoms with E-state index in [2.05, 4.69) is 216 Å². The van der Waals surface area contributed by atoms with Gasteiger partial charge in [0.15, 0.2) is 0 Å². The molecule has 11 aromatic rings. The molecule has 11 rings (SSSR count). The molecule has 2 heterocycles. The van der Waals surface area contributed by atoms with Gasteiger partial charge in [-0.1, -0.05) is 140 Å². The van der Waals surface area contributed by atoms with Gasteiger partial charge in [-0.25, -0.2) is 0 Å². The highest BCUT2D eigenvalue weighted by atomic mass is 32.1. The fourth-order valence-corrected chi connectivity index (χ4v) is 9.54. The quantitative estimate of drug-likeness (QED) is 0.166. The Bertz CT molecular complexity index is 3180. The minimum atomic E-state index is 1.10. The number of aromatic nitrogens is 1. The van der Waals surface area contributed by atoms with Crippen LogP contribution in [0.5, 0.6) is 0 Å². The van der Waals surface area contributed by atoms with Crippen molar-refractivity contribution in [1.29, 1.82) is 0 Å². The highest BCUT2D eigenvalue weighted by Crippen LogP contribution is 2.43. The Balaban J connectivity index is 1.04. The summed E-state index contributed by atoms with van der Waals surface area (Å²) in [6, 6.07) is 75.1. The van der Waals surface area contributed by atoms with Crippen molar-refractivity contribution >= 4 is 81.1 Å². The molecular formula is C52H34N2S. The van der Waals surface area contributed by atoms with Crippen LogP contribution in [0.3, 0.4) is 0 Å². The summed E-state index contributed by atoms with van der Waals surface area (Å²) in [7, 11) is 0. The number of fused-ring (bicyclic) bond motifs is 8. The lowest BCUT2D eigenvalue weighted by Crippen LogP contribution is -2.10. The fraction of sp³-hybridized carbons (Fsp3) is 0. The summed E-state index contributed by atoms with van der Waals surface area (Å²) in [5, 5.41) is 7.74. The van der Waals surface area contributed by atoms with E-state index in [1.165, 1.54) is 75.0 Å². The molecule has 0 aliphatic carbocycles. The van der Waals surface area contributed by atoms with Gasteiger partial charge < -0.3 is 9.47 Å². The number of para-hydroxylation sites is 2. The number of rotatable bonds is 6. The Morgan fingerprint density at radius 2 is 0.909 bits per heavy atom. The summed E-state index contributed by atoms with van der Waals surface area (Å²) in [6.07, 6.45) is 0. The predicted octanol–water partition coefficient (Wildman–Crippen LogP) is 15.1. The normalized spacial score (nSPS) is 11.6. The Hall–Kier alpha value is -6.94. The van der Waals surface area contributed by atoms with Crippen LogP contribution >= 0.6 is 11.3 Å². The molecule has 0 saturated heterocycles. The fourth-order valence-electron chi connectivity index (χ4n) is 8.32. The summed E-state index contributed by atoms with van der Waals surface area (Å²) in [5.41, 5.74) is 11.7. The van der Waals surface area contributed by atoms with E-state index in [0.29, 0.717) is 0 Å². The maximum Gasteiger partial charge on any atom is 0.0561 e. The van der Waals surface area contributed by atoms with Crippen LogP contribution < -0.4 is 4.90 Å². The van der Waals surface area contributed by atoms with Crippen LogP contribution in [-0.2, 0) is 0 Å². The molecule has 0 aliphatic rings. The number of benzene rings is 9. The van der Waals surface area contributed by atoms with E-state index >= 15 is 0 Å². The molecular weight excluding hydrogens is 685 g/mol. The average molecular weight is 719 g/mol. The molecule has 2 aromatic heterocycles. The lowest BCUT2D eigenvalue weighted by Gasteiger charge is -2.26. The van der Waals surface area contributed by atoms with E-state index in [4.69, 9.17) is 0 Å². The second-order valence-electron chi connectivity index (χ2n) is 14.2. The largest absolute Gasteiger partial charge is 0.310 e. The zero-order valence-corrected chi connectivity index (χ0v) is 30.7. The van der Waals surface area contributed by atoms with Crippen LogP contribution in [-0.4, -0.2) is 4.57 Å². The minimum absolute atomic E-state index is 1.10. The number of hydrogen-bond donors (Lipinski definition) is 0. The average Bonchev–Trinajstić information content (AvgIpc) is 3.80. The van der Waals surface area contributed by atoms with Gasteiger partial charge in [-0.15, -0.1) is 11.3 Å². The van der Waals surface area contributed by atoms with Gasteiger partial charge in [0.25, 0.3) is 0 Å². The van der Waals surface area contributed by atoms with Gasteiger partial charge in [-0.05, 0) is 99.8 Å². The molecule has 0 spiro atoms. The van der Waals surface area contributed by atoms with Crippen LogP contribution in [0.25, 0.3) is 80.7 Å². The summed E-state index contributed by atoms with van der Waals surface area (Å²) in [6.45, 7) is 0. The zero-order chi connectivity index (χ0) is 36.3. The third-order valence-corrected chi connectivity index (χ3v) is 12.2. The van der Waals surface area contributed by atoms with Crippen molar-refractivity contribution in [3.8, 4) is 27.9 Å². The molecule has 0 N–H and O–H groups in total. The first kappa shape index (κ1) is 31.6. The lowest BCUT2D eigenvalue weighted by atomic mass is 10.0. The number of thiophene rings is 1. The molecule has 0 amide bonds. The summed E-state index contributed by atoms with van der Waals surface area (Å²) >= 11 is 1.89. The number of nitrogens with zero attached hydrogens (tertiary/aromatic N) is 2. The van der Waals surface area contributed by atoms with Crippen molar-refractivity contribution in [3.05, 3.63) is 206 Å². The summed E-state index contributed by atoms with van der Waals surface area (Å²) in [5.74, 6) is 0. The summed E-state index contributed by atoms with van der Waals surface area (Å²) < 4.78 is 5.07. The van der Waals surface area contributed by atoms with Crippen LogP contribution in [0, 0.1) is 0 Å². The van der Waals surface area contributed by atoms with E-state index < -0.39 is 0 Å². The molecule has 0 radical (unpaired) electrons. The first-order chi connectivity index (χ1) is 27.3. The predicted molar refractivity (Wildman–Crippen MR) is 237 cm³/mol. The highest BCUT2D eigenvalue weighted by molar-refractivity contribution is 7.26. The first-order valence-electron chi connectivity index (χ1n) is 18.8. The summed E-state index contributed by atoms with van der Waals surface area (Å²) in [4.78, 5) is 2.38. The van der Waals surface area contributed by atoms with Crippen molar-refractivity contribution in [3.63, 3.8) is 0 Å². The molecule has 9 aromatic carbocycles. The van der Waals surface area contributed by atoms with Crippen molar-refractivity contribution in [1.82, 2.24) is 4.57 Å². The third-order valence-electron chi connectivity index (χ3n) is 11.0. The van der Waals surface area contributed by atoms with Crippen molar-refractivity contribution in [2.45, 2.75) is 0 Å². The molecule has 0 bridgehead atoms. The van der Waals surface area contributed by atoms with E-state index in [0.717, 1.165) is 22.7 Å². The lowest BCUT2D eigenvalue weighted by molar-refractivity contribution is 1.18. The van der Waals surface area contributed by atoms with Gasteiger partial charge in [-0.2, -0.15) is 0 Å². The van der Waals surface area contributed by atoms with E-state index in [9.17, 15) is 0 Å². The standard InChI is InChI=1S/C52H34N2S/c1-3-11-35(12-4-1)36-19-25-41(26-20-36)53(43-29-31-46-45-17-9-10-18-49(45)54(50(46)34-43)40-14-5-2-6-15-40)42-27-21-37(22-28-42)39-24-32-51-48(33-39)47-30-23-38-13-7-8-16-44(38)52(47)55-51/h1-34H. The topological polar surface area (TPSA) is 8.17 Å². The maximum atomic E-state index is 2.39. The Kier molecular flexibility index (Phi) is 7.39. The molecule has 0 fully saturated rings. The molecule has 258 valence electrons. The molecule has 0 unspecified atom stereocenters. The second kappa shape index (κ2) is 12.9. The van der Waals surface area contributed by atoms with Gasteiger partial charge in [-0.3, -0.25) is 0 Å². The Morgan fingerprint density at radius 1 is 0.345 bits per heavy atom. The van der Waals surface area contributed by atoms with Gasteiger partial charge in [0.2, 0.25) is 0 Å². The van der Waals surface area contributed by atoms with Gasteiger partial charge >= 0.3 is 0 Å². The van der Waals surface area contributed by atoms with Crippen LogP contribution in [0.1, 0.15) is 0 Å². The Labute approximate surface area is 323 Å². The maximum absolute atomic E-state index is 2.39. The van der Waals surface area contributed by atoms with Crippen molar-refractivity contribution < 1.29 is 0 Å². The molecule has 55 heavy (non-hydrogen) atoms. The van der Waals surface area contributed by atoms with E-state index in [-0.39, 0.29) is 0 Å². The molecule has 0 saturated carbocycles. The van der Waals surface area contributed by atoms with Crippen LogP contribution in [0.2, 0.25) is 0 Å². The van der Waals surface area contributed by atoms with Gasteiger partial charge in [0, 0.05) is 53.7 Å². The molecule has 2 nitrogen and oxygen atoms in total. The number of hydrogen-bond acceptors (Lipinski definition) is 2. The first-order valence-corrected chi connectivity index (χ1v) is 19.6. The zero-order valence-electron chi connectivity index (χ0n) is 29.9. The SMILES string of the molecule is c1ccc(-c2ccc(N(c3ccc(-c4ccc5sc6c7ccccc7ccc6c5c4)cc3)c3ccc4c5ccccc5n(-c5ccccc5)c4c3)cc2)cc1. The van der Waals surface area contributed by atoms with E-state index in [1.807, 2.05) is 11.3 Å². The highest BCUT2D eigenvalue weighted by Gasteiger charge is 2.18. The number of anilines is 3. The molecule has 3 heteroatoms. The minimum Gasteiger partial charge on any atom is -0.310 e. The molecule has 0 atom stereocenters. The third kappa shape index (κ3) is 5.32. The van der Waals surface area contributed by atoms with Crippen LogP contribution in [0.4, 0.5) is 17.1 Å².